The Kier molecular flexibility index (Phi) is 6.44. The van der Waals surface area contributed by atoms with Gasteiger partial charge in [0.05, 0.1) is 23.2 Å². The summed E-state index contributed by atoms with van der Waals surface area (Å²) in [6, 6.07) is 9.19. The Morgan fingerprint density at radius 1 is 1.10 bits per heavy atom. The Morgan fingerprint density at radius 2 is 1.73 bits per heavy atom. The van der Waals surface area contributed by atoms with E-state index in [9.17, 15) is 34.8 Å². The number of amides is 1. The van der Waals surface area contributed by atoms with E-state index in [1.54, 1.807) is 63.4 Å². The molecule has 0 bridgehead atoms. The van der Waals surface area contributed by atoms with E-state index in [1.807, 2.05) is 6.07 Å². The zero-order chi connectivity index (χ0) is 30.1. The lowest BCUT2D eigenvalue weighted by Gasteiger charge is -2.50. The molecule has 2 aromatic carbocycles. The number of primary amides is 1. The van der Waals surface area contributed by atoms with E-state index in [0.717, 1.165) is 0 Å². The van der Waals surface area contributed by atoms with E-state index in [-0.39, 0.29) is 29.7 Å². The summed E-state index contributed by atoms with van der Waals surface area (Å²) in [5, 5.41) is 54.8. The monoisotopic (exact) mass is 558 g/mol. The fourth-order valence-electron chi connectivity index (χ4n) is 6.64. The number of hydrogen-bond acceptors (Lipinski definition) is 10. The van der Waals surface area contributed by atoms with Gasteiger partial charge in [0.1, 0.15) is 22.8 Å². The highest BCUT2D eigenvalue weighted by Crippen LogP contribution is 2.54. The molecule has 2 aromatic rings. The molecular formula is C30H30N4O7. The predicted molar refractivity (Wildman–Crippen MR) is 148 cm³/mol. The highest BCUT2D eigenvalue weighted by molar-refractivity contribution is 6.25. The number of aliphatic hydroxyl groups is 3. The van der Waals surface area contributed by atoms with E-state index in [4.69, 9.17) is 11.0 Å². The molecule has 6 N–H and O–H groups in total. The highest BCUT2D eigenvalue weighted by Gasteiger charge is 2.63. The number of nitrogens with two attached hydrogens (primary N) is 1. The number of rotatable bonds is 4. The van der Waals surface area contributed by atoms with Crippen molar-refractivity contribution in [1.29, 1.82) is 5.26 Å². The van der Waals surface area contributed by atoms with Crippen molar-refractivity contribution in [1.82, 2.24) is 4.90 Å². The zero-order valence-corrected chi connectivity index (χ0v) is 23.0. The lowest BCUT2D eigenvalue weighted by molar-refractivity contribution is -0.148. The van der Waals surface area contributed by atoms with E-state index in [1.165, 1.54) is 4.90 Å². The zero-order valence-electron chi connectivity index (χ0n) is 23.0. The second-order valence-electron chi connectivity index (χ2n) is 11.2. The first-order chi connectivity index (χ1) is 19.2. The fourth-order valence-corrected chi connectivity index (χ4v) is 6.64. The number of phenols is 1. The van der Waals surface area contributed by atoms with Crippen LogP contribution in [0.15, 0.2) is 53.0 Å². The van der Waals surface area contributed by atoms with Gasteiger partial charge in [-0.3, -0.25) is 19.3 Å². The molecule has 0 heterocycles. The smallest absolute Gasteiger partial charge is 0.255 e. The van der Waals surface area contributed by atoms with Gasteiger partial charge >= 0.3 is 0 Å². The highest BCUT2D eigenvalue weighted by atomic mass is 16.3. The van der Waals surface area contributed by atoms with Crippen molar-refractivity contribution < 1.29 is 34.8 Å². The van der Waals surface area contributed by atoms with Crippen LogP contribution in [0.1, 0.15) is 27.9 Å². The van der Waals surface area contributed by atoms with Crippen LogP contribution in [0.3, 0.4) is 0 Å². The summed E-state index contributed by atoms with van der Waals surface area (Å²) in [7, 11) is 6.75. The summed E-state index contributed by atoms with van der Waals surface area (Å²) in [6.07, 6.45) is 0.194. The molecule has 0 saturated carbocycles. The largest absolute Gasteiger partial charge is 0.510 e. The van der Waals surface area contributed by atoms with Gasteiger partial charge in [-0.15, -0.1) is 0 Å². The van der Waals surface area contributed by atoms with E-state index >= 15 is 0 Å². The first-order valence-electron chi connectivity index (χ1n) is 13.0. The van der Waals surface area contributed by atoms with Gasteiger partial charge in [-0.1, -0.05) is 12.1 Å². The molecule has 0 radical (unpaired) electrons. The Balaban J connectivity index is 1.75. The van der Waals surface area contributed by atoms with Crippen LogP contribution < -0.4 is 10.6 Å². The molecule has 3 aliphatic rings. The average Bonchev–Trinajstić information content (AvgIpc) is 2.90. The van der Waals surface area contributed by atoms with Crippen LogP contribution in [0.5, 0.6) is 5.75 Å². The number of aromatic hydroxyl groups is 1. The van der Waals surface area contributed by atoms with Crippen LogP contribution in [0, 0.1) is 23.2 Å². The van der Waals surface area contributed by atoms with Crippen LogP contribution >= 0.6 is 0 Å². The normalized spacial score (nSPS) is 25.4. The minimum Gasteiger partial charge on any atom is -0.510 e. The molecule has 0 spiro atoms. The number of phenolic OH excluding ortho intramolecular Hbond substituents is 1. The second-order valence-corrected chi connectivity index (χ2v) is 11.2. The first-order valence-corrected chi connectivity index (χ1v) is 13.0. The third-order valence-electron chi connectivity index (χ3n) is 8.51. The van der Waals surface area contributed by atoms with Crippen LogP contribution in [0.2, 0.25) is 0 Å². The van der Waals surface area contributed by atoms with Crippen molar-refractivity contribution in [3.05, 3.63) is 69.7 Å². The number of ketones is 2. The number of aliphatic hydroxyl groups excluding tert-OH is 2. The average molecular weight is 559 g/mol. The number of allylic oxidation sites excluding steroid dienone is 1. The molecule has 0 aromatic heterocycles. The number of anilines is 1. The van der Waals surface area contributed by atoms with Crippen molar-refractivity contribution in [2.75, 3.05) is 33.1 Å². The topological polar surface area (TPSA) is 188 Å². The number of nitriles is 1. The van der Waals surface area contributed by atoms with Crippen LogP contribution in [0.4, 0.5) is 5.69 Å². The Hall–Kier alpha value is -4.66. The quantitative estimate of drug-likeness (QED) is 0.346. The van der Waals surface area contributed by atoms with Crippen molar-refractivity contribution in [3.63, 3.8) is 0 Å². The number of Topliss-reactive ketones (excluding diaryl/α,β-unsaturated/α-hetero) is 2. The Labute approximate surface area is 236 Å². The molecule has 0 unspecified atom stereocenters. The predicted octanol–water partition coefficient (Wildman–Crippen LogP) is 1.73. The van der Waals surface area contributed by atoms with Gasteiger partial charge < -0.3 is 31.1 Å². The fraction of sp³-hybridized carbons (Fsp3) is 0.333. The molecule has 4 atom stereocenters. The van der Waals surface area contributed by atoms with Gasteiger partial charge in [0.2, 0.25) is 5.78 Å². The molecule has 212 valence electrons. The van der Waals surface area contributed by atoms with Gasteiger partial charge in [0.15, 0.2) is 11.4 Å². The standard InChI is InChI=1S/C30H30N4O7/c1-33(2)19-11-16(14-7-5-13(12-31)6-8-14)24(35)21-17(19)9-15-10-18-23(34(3)4)26(37)22(29(32)40)28(39)30(18,41)27(38)20(15)25(21)36/h5-8,11,15,18,23,35,37-38,41H,9-10H2,1-4H3,(H2,32,40)/t15-,18-,23-,30-/m0/s1. The van der Waals surface area contributed by atoms with Crippen LogP contribution in [0.25, 0.3) is 11.1 Å². The van der Waals surface area contributed by atoms with E-state index in [0.29, 0.717) is 27.9 Å². The molecule has 0 fully saturated rings. The Bertz CT molecular complexity index is 1630. The van der Waals surface area contributed by atoms with Crippen LogP contribution in [-0.2, 0) is 16.0 Å². The maximum absolute atomic E-state index is 14.1. The van der Waals surface area contributed by atoms with Gasteiger partial charge in [-0.2, -0.15) is 5.26 Å². The van der Waals surface area contributed by atoms with Gasteiger partial charge in [0, 0.05) is 36.8 Å². The summed E-state index contributed by atoms with van der Waals surface area (Å²) < 4.78 is 0. The summed E-state index contributed by atoms with van der Waals surface area (Å²) in [4.78, 5) is 43.1. The SMILES string of the molecule is CN(C)c1cc(-c2ccc(C#N)cc2)c(O)c2c1C[C@H]1C[C@H]3[C@H](N(C)C)C(O)=C(C(N)=O)C(=O)[C@@]3(O)C(O)=C1C2=O. The number of carbonyl (C=O) groups excluding carboxylic acids is 3. The summed E-state index contributed by atoms with van der Waals surface area (Å²) in [5.41, 5.74) is 4.01. The molecule has 0 saturated heterocycles. The van der Waals surface area contributed by atoms with Gasteiger partial charge in [-0.05, 0) is 62.2 Å². The molecule has 5 rings (SSSR count). The third-order valence-corrected chi connectivity index (χ3v) is 8.51. The number of hydrogen-bond donors (Lipinski definition) is 5. The minimum absolute atomic E-state index is 0.0107. The van der Waals surface area contributed by atoms with Crippen molar-refractivity contribution in [2.45, 2.75) is 24.5 Å². The number of nitrogens with zero attached hydrogens (tertiary/aromatic N) is 3. The van der Waals surface area contributed by atoms with Gasteiger partial charge in [-0.25, -0.2) is 0 Å². The number of likely N-dealkylation sites (N-methyl/N-ethyl adjacent to an activating group) is 1. The lowest BCUT2D eigenvalue weighted by Crippen LogP contribution is -2.63. The summed E-state index contributed by atoms with van der Waals surface area (Å²) in [6.45, 7) is 0. The maximum atomic E-state index is 14.1. The molecule has 41 heavy (non-hydrogen) atoms. The van der Waals surface area contributed by atoms with Crippen LogP contribution in [-0.4, -0.2) is 82.6 Å². The van der Waals surface area contributed by atoms with E-state index < -0.39 is 58.0 Å². The molecule has 11 heteroatoms. The first kappa shape index (κ1) is 27.9. The summed E-state index contributed by atoms with van der Waals surface area (Å²) in [5.74, 6) is -6.94. The van der Waals surface area contributed by atoms with Crippen molar-refractivity contribution in [2.24, 2.45) is 17.6 Å². The maximum Gasteiger partial charge on any atom is 0.255 e. The third kappa shape index (κ3) is 3.83. The second kappa shape index (κ2) is 9.47. The molecule has 0 aliphatic heterocycles. The van der Waals surface area contributed by atoms with Crippen molar-refractivity contribution >= 4 is 23.2 Å². The molecule has 1 amide bonds. The Morgan fingerprint density at radius 3 is 2.27 bits per heavy atom. The van der Waals surface area contributed by atoms with Gasteiger partial charge in [0.25, 0.3) is 5.91 Å². The molecule has 11 nitrogen and oxygen atoms in total. The number of benzene rings is 2. The molecule has 3 aliphatic carbocycles. The van der Waals surface area contributed by atoms with Crippen molar-refractivity contribution in [3.8, 4) is 22.9 Å². The number of carbonyl (C=O) groups is 3. The summed E-state index contributed by atoms with van der Waals surface area (Å²) >= 11 is 0. The minimum atomic E-state index is -2.70. The molecular weight excluding hydrogens is 528 g/mol. The lowest BCUT2D eigenvalue weighted by atomic mass is 9.58. The van der Waals surface area contributed by atoms with E-state index in [2.05, 4.69) is 0 Å². The number of fused-ring (bicyclic) bond motifs is 3.